The molecular weight excluding hydrogens is 236 g/mol. The number of carbonyl (C=O) groups is 1. The van der Waals surface area contributed by atoms with E-state index in [2.05, 4.69) is 5.32 Å². The molecule has 1 aliphatic rings. The molecule has 1 saturated heterocycles. The lowest BCUT2D eigenvalue weighted by Crippen LogP contribution is -2.42. The number of sulfonamides is 1. The largest absolute Gasteiger partial charge is 0.354 e. The second kappa shape index (κ2) is 4.71. The van der Waals surface area contributed by atoms with E-state index in [9.17, 15) is 13.2 Å². The zero-order valence-corrected chi connectivity index (χ0v) is 10.3. The molecule has 0 saturated carbocycles. The highest BCUT2D eigenvalue weighted by molar-refractivity contribution is 8.01. The average Bonchev–Trinajstić information content (AvgIpc) is 2.51. The predicted octanol–water partition coefficient (Wildman–Crippen LogP) is -0.323. The van der Waals surface area contributed by atoms with Gasteiger partial charge in [-0.05, 0) is 25.5 Å². The molecule has 1 atom stereocenters. The van der Waals surface area contributed by atoms with Gasteiger partial charge in [-0.15, -0.1) is 11.8 Å². The van der Waals surface area contributed by atoms with Crippen molar-refractivity contribution in [1.82, 2.24) is 5.32 Å². The fraction of sp³-hybridized carbons (Fsp3) is 0.875. The summed E-state index contributed by atoms with van der Waals surface area (Å²) in [5.74, 6) is 0.687. The first-order valence-corrected chi connectivity index (χ1v) is 7.46. The van der Waals surface area contributed by atoms with E-state index < -0.39 is 14.8 Å². The fourth-order valence-electron chi connectivity index (χ4n) is 1.45. The zero-order valence-electron chi connectivity index (χ0n) is 8.65. The molecule has 1 rings (SSSR count). The molecule has 1 heterocycles. The maximum absolute atomic E-state index is 11.7. The number of nitrogens with one attached hydrogen (secondary N) is 1. The van der Waals surface area contributed by atoms with Crippen molar-refractivity contribution in [1.29, 1.82) is 0 Å². The van der Waals surface area contributed by atoms with Gasteiger partial charge in [-0.1, -0.05) is 0 Å². The van der Waals surface area contributed by atoms with Crippen LogP contribution in [0.2, 0.25) is 0 Å². The van der Waals surface area contributed by atoms with Gasteiger partial charge in [0.25, 0.3) is 0 Å². The normalized spacial score (nSPS) is 26.5. The second-order valence-electron chi connectivity index (χ2n) is 3.81. The van der Waals surface area contributed by atoms with Crippen LogP contribution in [0.3, 0.4) is 0 Å². The molecule has 0 bridgehead atoms. The average molecular weight is 252 g/mol. The molecule has 88 valence electrons. The molecule has 1 unspecified atom stereocenters. The molecule has 0 radical (unpaired) electrons. The summed E-state index contributed by atoms with van der Waals surface area (Å²) in [6, 6.07) is 0. The highest BCUT2D eigenvalue weighted by Crippen LogP contribution is 2.37. The van der Waals surface area contributed by atoms with E-state index >= 15 is 0 Å². The van der Waals surface area contributed by atoms with Gasteiger partial charge in [0.05, 0.1) is 10.5 Å². The van der Waals surface area contributed by atoms with Crippen molar-refractivity contribution in [3.8, 4) is 0 Å². The summed E-state index contributed by atoms with van der Waals surface area (Å²) in [5, 5.41) is 7.43. The highest BCUT2D eigenvalue weighted by Gasteiger charge is 2.36. The Kier molecular flexibility index (Phi) is 4.02. The van der Waals surface area contributed by atoms with Crippen molar-refractivity contribution in [3.05, 3.63) is 0 Å². The highest BCUT2D eigenvalue weighted by atomic mass is 32.2. The van der Waals surface area contributed by atoms with Crippen molar-refractivity contribution in [2.45, 2.75) is 24.5 Å². The molecule has 1 fully saturated rings. The van der Waals surface area contributed by atoms with E-state index in [4.69, 9.17) is 5.14 Å². The Hall–Kier alpha value is -0.270. The van der Waals surface area contributed by atoms with Gasteiger partial charge in [-0.2, -0.15) is 0 Å². The van der Waals surface area contributed by atoms with Crippen LogP contribution in [0, 0.1) is 0 Å². The van der Waals surface area contributed by atoms with E-state index in [1.54, 1.807) is 11.8 Å². The minimum atomic E-state index is -3.48. The molecular formula is C8H16N2O3S2. The first-order valence-electron chi connectivity index (χ1n) is 4.76. The van der Waals surface area contributed by atoms with E-state index in [-0.39, 0.29) is 18.2 Å². The van der Waals surface area contributed by atoms with E-state index in [0.717, 1.165) is 18.6 Å². The molecule has 0 aromatic heterocycles. The van der Waals surface area contributed by atoms with E-state index in [1.165, 1.54) is 0 Å². The molecule has 5 nitrogen and oxygen atoms in total. The van der Waals surface area contributed by atoms with Crippen LogP contribution in [-0.2, 0) is 14.8 Å². The number of rotatable bonds is 4. The molecule has 1 amide bonds. The topological polar surface area (TPSA) is 89.3 Å². The summed E-state index contributed by atoms with van der Waals surface area (Å²) in [7, 11) is -3.48. The lowest BCUT2D eigenvalue weighted by atomic mass is 10.1. The third kappa shape index (κ3) is 4.00. The Morgan fingerprint density at radius 3 is 2.73 bits per heavy atom. The van der Waals surface area contributed by atoms with Crippen molar-refractivity contribution < 1.29 is 13.2 Å². The number of amides is 1. The standard InChI is InChI=1S/C8H16N2O3S2/c1-8(3-2-5-14-8)7(11)10-4-6-15(9,12)13/h2-6H2,1H3,(H,10,11)(H2,9,12,13). The summed E-state index contributed by atoms with van der Waals surface area (Å²) < 4.78 is 20.9. The Labute approximate surface area is 94.2 Å². The van der Waals surface area contributed by atoms with Gasteiger partial charge >= 0.3 is 0 Å². The molecule has 0 aliphatic carbocycles. The van der Waals surface area contributed by atoms with Gasteiger partial charge in [0, 0.05) is 6.54 Å². The Balaban J connectivity index is 2.36. The number of primary sulfonamides is 1. The van der Waals surface area contributed by atoms with Gasteiger partial charge in [0.15, 0.2) is 0 Å². The molecule has 3 N–H and O–H groups in total. The van der Waals surface area contributed by atoms with Crippen LogP contribution >= 0.6 is 11.8 Å². The summed E-state index contributed by atoms with van der Waals surface area (Å²) in [5.41, 5.74) is 0. The Morgan fingerprint density at radius 1 is 1.60 bits per heavy atom. The molecule has 7 heteroatoms. The quantitative estimate of drug-likeness (QED) is 0.717. The maximum atomic E-state index is 11.7. The van der Waals surface area contributed by atoms with Crippen LogP contribution in [0.25, 0.3) is 0 Å². The Bertz CT molecular complexity index is 334. The smallest absolute Gasteiger partial charge is 0.235 e. The third-order valence-electron chi connectivity index (χ3n) is 2.37. The summed E-state index contributed by atoms with van der Waals surface area (Å²) in [6.45, 7) is 1.98. The molecule has 0 spiro atoms. The van der Waals surface area contributed by atoms with E-state index in [0.29, 0.717) is 0 Å². The number of hydrogen-bond acceptors (Lipinski definition) is 4. The molecule has 15 heavy (non-hydrogen) atoms. The number of hydrogen-bond donors (Lipinski definition) is 2. The number of nitrogens with two attached hydrogens (primary N) is 1. The fourth-order valence-corrected chi connectivity index (χ4v) is 3.07. The predicted molar refractivity (Wildman–Crippen MR) is 61.1 cm³/mol. The molecule has 0 aromatic carbocycles. The SMILES string of the molecule is CC1(C(=O)NCCS(N)(=O)=O)CCCS1. The first-order chi connectivity index (χ1) is 6.83. The van der Waals surface area contributed by atoms with Gasteiger partial charge in [-0.3, -0.25) is 4.79 Å². The van der Waals surface area contributed by atoms with Crippen LogP contribution in [-0.4, -0.2) is 37.1 Å². The van der Waals surface area contributed by atoms with Crippen LogP contribution in [0.15, 0.2) is 0 Å². The molecule has 0 aromatic rings. The van der Waals surface area contributed by atoms with E-state index in [1.807, 2.05) is 6.92 Å². The lowest BCUT2D eigenvalue weighted by molar-refractivity contribution is -0.122. The van der Waals surface area contributed by atoms with Crippen molar-refractivity contribution in [2.75, 3.05) is 18.1 Å². The lowest BCUT2D eigenvalue weighted by Gasteiger charge is -2.21. The van der Waals surface area contributed by atoms with Crippen LogP contribution in [0.5, 0.6) is 0 Å². The third-order valence-corrected chi connectivity index (χ3v) is 4.66. The maximum Gasteiger partial charge on any atom is 0.235 e. The number of thioether (sulfide) groups is 1. The summed E-state index contributed by atoms with van der Waals surface area (Å²) in [6.07, 6.45) is 1.88. The van der Waals surface area contributed by atoms with Crippen molar-refractivity contribution in [3.63, 3.8) is 0 Å². The van der Waals surface area contributed by atoms with Gasteiger partial charge < -0.3 is 5.32 Å². The number of carbonyl (C=O) groups excluding carboxylic acids is 1. The minimum absolute atomic E-state index is 0.0892. The summed E-state index contributed by atoms with van der Waals surface area (Å²) in [4.78, 5) is 11.7. The van der Waals surface area contributed by atoms with Crippen molar-refractivity contribution >= 4 is 27.7 Å². The first kappa shape index (κ1) is 12.8. The van der Waals surface area contributed by atoms with Gasteiger partial charge in [0.2, 0.25) is 15.9 Å². The molecule has 1 aliphatic heterocycles. The van der Waals surface area contributed by atoms with Crippen LogP contribution in [0.4, 0.5) is 0 Å². The van der Waals surface area contributed by atoms with Crippen molar-refractivity contribution in [2.24, 2.45) is 5.14 Å². The summed E-state index contributed by atoms with van der Waals surface area (Å²) >= 11 is 1.62. The van der Waals surface area contributed by atoms with Crippen LogP contribution in [0.1, 0.15) is 19.8 Å². The second-order valence-corrected chi connectivity index (χ2v) is 7.14. The van der Waals surface area contributed by atoms with Gasteiger partial charge in [-0.25, -0.2) is 13.6 Å². The minimum Gasteiger partial charge on any atom is -0.354 e. The Morgan fingerprint density at radius 2 is 2.27 bits per heavy atom. The zero-order chi connectivity index (χ0) is 11.5. The van der Waals surface area contributed by atoms with Crippen LogP contribution < -0.4 is 10.5 Å². The van der Waals surface area contributed by atoms with Gasteiger partial charge in [0.1, 0.15) is 0 Å². The monoisotopic (exact) mass is 252 g/mol.